The molecule has 1 saturated heterocycles. The average Bonchev–Trinajstić information content (AvgIpc) is 3.05. The molecule has 0 unspecified atom stereocenters. The van der Waals surface area contributed by atoms with Crippen LogP contribution in [0.2, 0.25) is 0 Å². The third kappa shape index (κ3) is 4.03. The summed E-state index contributed by atoms with van der Waals surface area (Å²) in [4.78, 5) is 32.0. The zero-order valence-corrected chi connectivity index (χ0v) is 17.7. The Hall–Kier alpha value is -2.91. The molecule has 8 nitrogen and oxygen atoms in total. The van der Waals surface area contributed by atoms with Crippen molar-refractivity contribution in [1.82, 2.24) is 14.5 Å². The van der Waals surface area contributed by atoms with E-state index in [0.717, 1.165) is 15.7 Å². The van der Waals surface area contributed by atoms with Crippen LogP contribution in [0.1, 0.15) is 11.6 Å². The van der Waals surface area contributed by atoms with Gasteiger partial charge in [0.1, 0.15) is 18.4 Å². The molecule has 2 aromatic heterocycles. The molecule has 9 heteroatoms. The Kier molecular flexibility index (Phi) is 5.74. The summed E-state index contributed by atoms with van der Waals surface area (Å²) in [6.45, 7) is 2.23. The summed E-state index contributed by atoms with van der Waals surface area (Å²) < 4.78 is 2.41. The van der Waals surface area contributed by atoms with Crippen molar-refractivity contribution in [2.45, 2.75) is 12.6 Å². The van der Waals surface area contributed by atoms with E-state index in [-0.39, 0.29) is 6.54 Å². The number of halogens is 1. The number of carbonyl (C=O) groups is 2. The second-order valence-electron chi connectivity index (χ2n) is 7.22. The minimum Gasteiger partial charge on any atom is -0.480 e. The highest BCUT2D eigenvalue weighted by molar-refractivity contribution is 9.10. The van der Waals surface area contributed by atoms with Crippen LogP contribution >= 0.6 is 15.9 Å². The van der Waals surface area contributed by atoms with Crippen LogP contribution in [0.4, 0.5) is 5.82 Å². The number of carboxylic acid groups (broad SMARTS) is 2. The molecule has 0 spiro atoms. The van der Waals surface area contributed by atoms with Gasteiger partial charge in [0.2, 0.25) is 0 Å². The van der Waals surface area contributed by atoms with Gasteiger partial charge in [-0.3, -0.25) is 14.5 Å². The third-order valence-electron chi connectivity index (χ3n) is 5.36. The van der Waals surface area contributed by atoms with Gasteiger partial charge in [-0.2, -0.15) is 0 Å². The molecule has 4 rings (SSSR count). The van der Waals surface area contributed by atoms with Crippen molar-refractivity contribution in [2.75, 3.05) is 31.1 Å². The van der Waals surface area contributed by atoms with Crippen LogP contribution in [0.3, 0.4) is 0 Å². The maximum absolute atomic E-state index is 12.3. The summed E-state index contributed by atoms with van der Waals surface area (Å²) in [5.74, 6) is -1.04. The summed E-state index contributed by atoms with van der Waals surface area (Å²) in [6.07, 6.45) is 3.41. The first-order valence-electron chi connectivity index (χ1n) is 9.57. The predicted octanol–water partition coefficient (Wildman–Crippen LogP) is 2.83. The van der Waals surface area contributed by atoms with E-state index in [1.807, 2.05) is 41.3 Å². The van der Waals surface area contributed by atoms with Crippen LogP contribution < -0.4 is 4.90 Å². The van der Waals surface area contributed by atoms with Crippen molar-refractivity contribution in [1.29, 1.82) is 0 Å². The molecule has 1 aromatic carbocycles. The lowest BCUT2D eigenvalue weighted by Crippen LogP contribution is -2.49. The van der Waals surface area contributed by atoms with Crippen LogP contribution in [0.5, 0.6) is 0 Å². The number of pyridine rings is 1. The van der Waals surface area contributed by atoms with Gasteiger partial charge >= 0.3 is 11.9 Å². The molecule has 0 radical (unpaired) electrons. The maximum atomic E-state index is 12.3. The number of anilines is 1. The van der Waals surface area contributed by atoms with Gasteiger partial charge in [-0.15, -0.1) is 0 Å². The monoisotopic (exact) mass is 472 g/mol. The molecule has 30 heavy (non-hydrogen) atoms. The van der Waals surface area contributed by atoms with Crippen LogP contribution in [-0.4, -0.2) is 62.8 Å². The number of piperazine rings is 1. The van der Waals surface area contributed by atoms with Crippen molar-refractivity contribution in [2.24, 2.45) is 0 Å². The normalized spacial score (nSPS) is 16.0. The third-order valence-corrected chi connectivity index (χ3v) is 5.85. The van der Waals surface area contributed by atoms with E-state index in [1.54, 1.807) is 17.0 Å². The van der Waals surface area contributed by atoms with Gasteiger partial charge in [0.25, 0.3) is 0 Å². The van der Waals surface area contributed by atoms with Crippen molar-refractivity contribution in [3.05, 3.63) is 58.8 Å². The summed E-state index contributed by atoms with van der Waals surface area (Å²) in [5, 5.41) is 20.1. The van der Waals surface area contributed by atoms with E-state index < -0.39 is 18.0 Å². The molecule has 1 fully saturated rings. The summed E-state index contributed by atoms with van der Waals surface area (Å²) in [5.41, 5.74) is 1.31. The Balaban J connectivity index is 1.65. The number of rotatable bonds is 6. The smallest absolute Gasteiger partial charge is 0.325 e. The first-order valence-corrected chi connectivity index (χ1v) is 10.4. The molecular formula is C21H21BrN4O4. The second kappa shape index (κ2) is 8.45. The Bertz CT molecular complexity index is 1080. The number of fused-ring (bicyclic) bond motifs is 1. The Morgan fingerprint density at radius 1 is 1.10 bits per heavy atom. The second-order valence-corrected chi connectivity index (χ2v) is 8.13. The molecular weight excluding hydrogens is 452 g/mol. The van der Waals surface area contributed by atoms with E-state index in [0.29, 0.717) is 37.3 Å². The molecule has 0 amide bonds. The van der Waals surface area contributed by atoms with Gasteiger partial charge in [0.15, 0.2) is 0 Å². The molecule has 0 bridgehead atoms. The number of aliphatic carboxylic acids is 2. The largest absolute Gasteiger partial charge is 0.480 e. The standard InChI is InChI=1S/C21H21BrN4O4/c22-14-4-5-17-15(11-14)16(12-26(17)13-19(27)28)20(21(29)30)25-9-7-24(8-10-25)18-3-1-2-6-23-18/h1-6,11-12,20H,7-10,13H2,(H,27,28)(H,29,30)/t20-/m0/s1. The van der Waals surface area contributed by atoms with Crippen molar-refractivity contribution >= 4 is 44.6 Å². The Morgan fingerprint density at radius 2 is 1.87 bits per heavy atom. The highest BCUT2D eigenvalue weighted by atomic mass is 79.9. The van der Waals surface area contributed by atoms with E-state index in [9.17, 15) is 19.8 Å². The SMILES string of the molecule is O=C(O)Cn1cc([C@@H](C(=O)O)N2CCN(c3ccccn3)CC2)c2cc(Br)ccc21. The summed E-state index contributed by atoms with van der Waals surface area (Å²) >= 11 is 3.44. The first kappa shape index (κ1) is 20.4. The highest BCUT2D eigenvalue weighted by Crippen LogP contribution is 2.33. The molecule has 0 aliphatic carbocycles. The van der Waals surface area contributed by atoms with E-state index >= 15 is 0 Å². The molecule has 0 saturated carbocycles. The molecule has 2 N–H and O–H groups in total. The highest BCUT2D eigenvalue weighted by Gasteiger charge is 2.33. The zero-order chi connectivity index (χ0) is 21.3. The van der Waals surface area contributed by atoms with Gasteiger partial charge in [0, 0.05) is 59.5 Å². The predicted molar refractivity (Wildman–Crippen MR) is 116 cm³/mol. The molecule has 156 valence electrons. The van der Waals surface area contributed by atoms with Crippen molar-refractivity contribution < 1.29 is 19.8 Å². The number of carboxylic acids is 2. The molecule has 1 aliphatic rings. The number of hydrogen-bond acceptors (Lipinski definition) is 5. The Labute approximate surface area is 181 Å². The maximum Gasteiger partial charge on any atom is 0.325 e. The fraction of sp³-hybridized carbons (Fsp3) is 0.286. The van der Waals surface area contributed by atoms with Crippen LogP contribution in [0, 0.1) is 0 Å². The van der Waals surface area contributed by atoms with Crippen LogP contribution in [0.25, 0.3) is 10.9 Å². The summed E-state index contributed by atoms with van der Waals surface area (Å²) in [6, 6.07) is 10.4. The lowest BCUT2D eigenvalue weighted by molar-refractivity contribution is -0.143. The van der Waals surface area contributed by atoms with Crippen LogP contribution in [0.15, 0.2) is 53.3 Å². The molecule has 1 aliphatic heterocycles. The number of benzene rings is 1. The van der Waals surface area contributed by atoms with Crippen molar-refractivity contribution in [3.8, 4) is 0 Å². The van der Waals surface area contributed by atoms with Crippen molar-refractivity contribution in [3.63, 3.8) is 0 Å². The minimum atomic E-state index is -0.975. The van der Waals surface area contributed by atoms with Gasteiger partial charge < -0.3 is 19.7 Å². The fourth-order valence-electron chi connectivity index (χ4n) is 4.03. The van der Waals surface area contributed by atoms with E-state index in [4.69, 9.17) is 0 Å². The lowest BCUT2D eigenvalue weighted by atomic mass is 10.0. The number of nitrogens with zero attached hydrogens (tertiary/aromatic N) is 4. The fourth-order valence-corrected chi connectivity index (χ4v) is 4.39. The molecule has 1 atom stereocenters. The lowest BCUT2D eigenvalue weighted by Gasteiger charge is -2.38. The number of hydrogen-bond donors (Lipinski definition) is 2. The molecule has 3 aromatic rings. The van der Waals surface area contributed by atoms with Gasteiger partial charge in [-0.1, -0.05) is 22.0 Å². The zero-order valence-electron chi connectivity index (χ0n) is 16.1. The Morgan fingerprint density at radius 3 is 2.50 bits per heavy atom. The van der Waals surface area contributed by atoms with E-state index in [1.165, 1.54) is 0 Å². The van der Waals surface area contributed by atoms with Gasteiger partial charge in [-0.25, -0.2) is 4.98 Å². The van der Waals surface area contributed by atoms with E-state index in [2.05, 4.69) is 25.8 Å². The van der Waals surface area contributed by atoms with Crippen LogP contribution in [-0.2, 0) is 16.1 Å². The quantitative estimate of drug-likeness (QED) is 0.568. The van der Waals surface area contributed by atoms with Gasteiger partial charge in [-0.05, 0) is 30.3 Å². The average molecular weight is 473 g/mol. The van der Waals surface area contributed by atoms with Gasteiger partial charge in [0.05, 0.1) is 0 Å². The summed E-state index contributed by atoms with van der Waals surface area (Å²) in [7, 11) is 0. The topological polar surface area (TPSA) is 98.9 Å². The molecule has 3 heterocycles. The minimum absolute atomic E-state index is 0.224. The first-order chi connectivity index (χ1) is 14.4. The number of aromatic nitrogens is 2.